The SMILES string of the molecule is CCCCCCCCNC(=O)N(CCCCCCCC)CCCCCCCC. The van der Waals surface area contributed by atoms with Crippen LogP contribution in [-0.4, -0.2) is 30.6 Å². The van der Waals surface area contributed by atoms with Crippen LogP contribution < -0.4 is 5.32 Å². The fraction of sp³-hybridized carbons (Fsp3) is 0.960. The van der Waals surface area contributed by atoms with Crippen LogP contribution in [0.3, 0.4) is 0 Å². The van der Waals surface area contributed by atoms with E-state index >= 15 is 0 Å². The number of amides is 2. The van der Waals surface area contributed by atoms with E-state index in [1.165, 1.54) is 96.3 Å². The molecular formula is C25H52N2O. The topological polar surface area (TPSA) is 32.3 Å². The minimum atomic E-state index is 0.177. The number of unbranched alkanes of at least 4 members (excludes halogenated alkanes) is 15. The number of hydrogen-bond acceptors (Lipinski definition) is 1. The Bertz CT molecular complexity index is 304. The molecule has 0 aliphatic carbocycles. The van der Waals surface area contributed by atoms with Crippen molar-refractivity contribution < 1.29 is 4.79 Å². The summed E-state index contributed by atoms with van der Waals surface area (Å²) in [5.41, 5.74) is 0. The maximum atomic E-state index is 12.6. The molecule has 2 amide bonds. The van der Waals surface area contributed by atoms with Crippen LogP contribution in [-0.2, 0) is 0 Å². The summed E-state index contributed by atoms with van der Waals surface area (Å²) in [7, 11) is 0. The number of rotatable bonds is 21. The van der Waals surface area contributed by atoms with E-state index in [4.69, 9.17) is 0 Å². The van der Waals surface area contributed by atoms with Crippen LogP contribution in [0.1, 0.15) is 136 Å². The molecule has 0 aromatic heterocycles. The second-order valence-electron chi connectivity index (χ2n) is 8.52. The Morgan fingerprint density at radius 1 is 0.536 bits per heavy atom. The van der Waals surface area contributed by atoms with E-state index < -0.39 is 0 Å². The predicted octanol–water partition coefficient (Wildman–Crippen LogP) is 8.08. The van der Waals surface area contributed by atoms with Crippen LogP contribution in [0, 0.1) is 0 Å². The molecule has 0 aromatic rings. The van der Waals surface area contributed by atoms with Gasteiger partial charge in [0, 0.05) is 19.6 Å². The molecule has 0 aliphatic heterocycles. The smallest absolute Gasteiger partial charge is 0.317 e. The molecule has 0 atom stereocenters. The minimum Gasteiger partial charge on any atom is -0.338 e. The lowest BCUT2D eigenvalue weighted by Crippen LogP contribution is -2.41. The van der Waals surface area contributed by atoms with E-state index in [2.05, 4.69) is 31.0 Å². The van der Waals surface area contributed by atoms with E-state index in [-0.39, 0.29) is 6.03 Å². The molecule has 28 heavy (non-hydrogen) atoms. The van der Waals surface area contributed by atoms with Crippen molar-refractivity contribution in [1.82, 2.24) is 10.2 Å². The Labute approximate surface area is 177 Å². The molecule has 0 saturated heterocycles. The first-order chi connectivity index (χ1) is 13.8. The lowest BCUT2D eigenvalue weighted by molar-refractivity contribution is 0.195. The summed E-state index contributed by atoms with van der Waals surface area (Å²) in [5.74, 6) is 0. The van der Waals surface area contributed by atoms with E-state index in [9.17, 15) is 4.79 Å². The monoisotopic (exact) mass is 396 g/mol. The highest BCUT2D eigenvalue weighted by atomic mass is 16.2. The third-order valence-electron chi connectivity index (χ3n) is 5.66. The summed E-state index contributed by atoms with van der Waals surface area (Å²) in [6.07, 6.45) is 23.1. The molecule has 0 fully saturated rings. The van der Waals surface area contributed by atoms with E-state index in [0.29, 0.717) is 0 Å². The molecule has 0 rings (SSSR count). The highest BCUT2D eigenvalue weighted by Crippen LogP contribution is 2.09. The summed E-state index contributed by atoms with van der Waals surface area (Å²) < 4.78 is 0. The quantitative estimate of drug-likeness (QED) is 0.195. The molecule has 0 aliphatic rings. The van der Waals surface area contributed by atoms with Crippen LogP contribution in [0.5, 0.6) is 0 Å². The molecule has 3 heteroatoms. The van der Waals surface area contributed by atoms with Crippen molar-refractivity contribution in [2.75, 3.05) is 19.6 Å². The third kappa shape index (κ3) is 18.6. The Balaban J connectivity index is 4.01. The van der Waals surface area contributed by atoms with Gasteiger partial charge in [0.15, 0.2) is 0 Å². The molecule has 0 radical (unpaired) electrons. The summed E-state index contributed by atoms with van der Waals surface area (Å²) in [5, 5.41) is 3.18. The number of carbonyl (C=O) groups is 1. The molecule has 0 heterocycles. The number of urea groups is 1. The van der Waals surface area contributed by atoms with Crippen molar-refractivity contribution in [1.29, 1.82) is 0 Å². The van der Waals surface area contributed by atoms with Gasteiger partial charge in [0.1, 0.15) is 0 Å². The second-order valence-corrected chi connectivity index (χ2v) is 8.52. The predicted molar refractivity (Wildman–Crippen MR) is 125 cm³/mol. The minimum absolute atomic E-state index is 0.177. The molecule has 0 spiro atoms. The molecular weight excluding hydrogens is 344 g/mol. The van der Waals surface area contributed by atoms with Crippen LogP contribution in [0.4, 0.5) is 4.79 Å². The van der Waals surface area contributed by atoms with Crippen LogP contribution in [0.25, 0.3) is 0 Å². The van der Waals surface area contributed by atoms with Gasteiger partial charge in [-0.3, -0.25) is 0 Å². The van der Waals surface area contributed by atoms with E-state index in [1.807, 2.05) is 0 Å². The maximum Gasteiger partial charge on any atom is 0.317 e. The fourth-order valence-corrected chi connectivity index (χ4v) is 3.69. The summed E-state index contributed by atoms with van der Waals surface area (Å²) in [6.45, 7) is 9.48. The van der Waals surface area contributed by atoms with Gasteiger partial charge in [0.25, 0.3) is 0 Å². The molecule has 1 N–H and O–H groups in total. The summed E-state index contributed by atoms with van der Waals surface area (Å²) in [6, 6.07) is 0.177. The molecule has 0 aromatic carbocycles. The first-order valence-corrected chi connectivity index (χ1v) is 12.8. The van der Waals surface area contributed by atoms with Gasteiger partial charge < -0.3 is 10.2 Å². The van der Waals surface area contributed by atoms with Crippen molar-refractivity contribution >= 4 is 6.03 Å². The van der Waals surface area contributed by atoms with Gasteiger partial charge in [0.2, 0.25) is 0 Å². The van der Waals surface area contributed by atoms with Crippen molar-refractivity contribution in [3.63, 3.8) is 0 Å². The van der Waals surface area contributed by atoms with Crippen molar-refractivity contribution in [2.45, 2.75) is 136 Å². The molecule has 0 saturated carbocycles. The van der Waals surface area contributed by atoms with Crippen molar-refractivity contribution in [3.8, 4) is 0 Å². The first-order valence-electron chi connectivity index (χ1n) is 12.8. The number of carbonyl (C=O) groups excluding carboxylic acids is 1. The largest absolute Gasteiger partial charge is 0.338 e. The van der Waals surface area contributed by atoms with Gasteiger partial charge in [-0.15, -0.1) is 0 Å². The normalized spacial score (nSPS) is 11.0. The molecule has 168 valence electrons. The lowest BCUT2D eigenvalue weighted by atomic mass is 10.1. The molecule has 0 unspecified atom stereocenters. The average molecular weight is 397 g/mol. The standard InChI is InChI=1S/C25H52N2O/c1-4-7-10-13-16-19-22-26-25(28)27(23-20-17-14-11-8-5-2)24-21-18-15-12-9-6-3/h4-24H2,1-3H3,(H,26,28). The van der Waals surface area contributed by atoms with Crippen LogP contribution in [0.2, 0.25) is 0 Å². The Morgan fingerprint density at radius 2 is 0.893 bits per heavy atom. The van der Waals surface area contributed by atoms with Gasteiger partial charge in [-0.05, 0) is 19.3 Å². The average Bonchev–Trinajstić information content (AvgIpc) is 2.70. The fourth-order valence-electron chi connectivity index (χ4n) is 3.69. The highest BCUT2D eigenvalue weighted by molar-refractivity contribution is 5.74. The second kappa shape index (κ2) is 22.6. The van der Waals surface area contributed by atoms with Crippen LogP contribution in [0.15, 0.2) is 0 Å². The zero-order valence-corrected chi connectivity index (χ0v) is 19.7. The maximum absolute atomic E-state index is 12.6. The summed E-state index contributed by atoms with van der Waals surface area (Å²) >= 11 is 0. The van der Waals surface area contributed by atoms with Gasteiger partial charge >= 0.3 is 6.03 Å². The summed E-state index contributed by atoms with van der Waals surface area (Å²) in [4.78, 5) is 14.7. The Morgan fingerprint density at radius 3 is 1.32 bits per heavy atom. The number of hydrogen-bond donors (Lipinski definition) is 1. The first kappa shape index (κ1) is 27.3. The lowest BCUT2D eigenvalue weighted by Gasteiger charge is -2.23. The Kier molecular flexibility index (Phi) is 22.0. The molecule has 3 nitrogen and oxygen atoms in total. The zero-order valence-electron chi connectivity index (χ0n) is 19.7. The Hall–Kier alpha value is -0.730. The van der Waals surface area contributed by atoms with Gasteiger partial charge in [-0.25, -0.2) is 4.79 Å². The van der Waals surface area contributed by atoms with Crippen molar-refractivity contribution in [3.05, 3.63) is 0 Å². The third-order valence-corrected chi connectivity index (χ3v) is 5.66. The van der Waals surface area contributed by atoms with E-state index in [0.717, 1.165) is 38.9 Å². The number of nitrogens with zero attached hydrogens (tertiary/aromatic N) is 1. The van der Waals surface area contributed by atoms with E-state index in [1.54, 1.807) is 0 Å². The van der Waals surface area contributed by atoms with Crippen molar-refractivity contribution in [2.24, 2.45) is 0 Å². The highest BCUT2D eigenvalue weighted by Gasteiger charge is 2.12. The number of nitrogens with one attached hydrogen (secondary N) is 1. The van der Waals surface area contributed by atoms with Gasteiger partial charge in [-0.1, -0.05) is 117 Å². The van der Waals surface area contributed by atoms with Crippen LogP contribution >= 0.6 is 0 Å². The molecule has 0 bridgehead atoms. The van der Waals surface area contributed by atoms with Gasteiger partial charge in [0.05, 0.1) is 0 Å². The zero-order chi connectivity index (χ0) is 20.7. The van der Waals surface area contributed by atoms with Gasteiger partial charge in [-0.2, -0.15) is 0 Å².